The van der Waals surface area contributed by atoms with E-state index in [0.29, 0.717) is 23.0 Å². The number of carbonyl (C=O) groups excluding carboxylic acids is 1. The number of nitrogens with one attached hydrogen (secondary N) is 1. The number of rotatable bonds is 4. The first-order valence-electron chi connectivity index (χ1n) is 6.83. The van der Waals surface area contributed by atoms with Gasteiger partial charge in [-0.25, -0.2) is 9.67 Å². The van der Waals surface area contributed by atoms with Crippen LogP contribution in [-0.4, -0.2) is 20.7 Å². The third-order valence-electron chi connectivity index (χ3n) is 3.46. The zero-order chi connectivity index (χ0) is 14.7. The van der Waals surface area contributed by atoms with E-state index in [1.807, 2.05) is 6.07 Å². The molecule has 0 saturated heterocycles. The number of allylic oxidation sites excluding steroid dienone is 2. The van der Waals surface area contributed by atoms with Crippen LogP contribution in [0.5, 0.6) is 0 Å². The molecule has 0 saturated carbocycles. The minimum absolute atomic E-state index is 0.0184. The molecular formula is C15H15ClN4O. The average Bonchev–Trinajstić information content (AvgIpc) is 3.11. The van der Waals surface area contributed by atoms with Crippen LogP contribution in [0.2, 0.25) is 5.02 Å². The average molecular weight is 303 g/mol. The predicted octanol–water partition coefficient (Wildman–Crippen LogP) is 3.22. The molecule has 0 spiro atoms. The third-order valence-corrected chi connectivity index (χ3v) is 3.69. The first-order chi connectivity index (χ1) is 10.2. The SMILES string of the molecule is O=C(CC1C=CCC1)Nc1cc(Cl)ccc1-n1cncn1. The van der Waals surface area contributed by atoms with Crippen LogP contribution < -0.4 is 5.32 Å². The fraction of sp³-hybridized carbons (Fsp3) is 0.267. The molecule has 1 N–H and O–H groups in total. The molecular weight excluding hydrogens is 288 g/mol. The van der Waals surface area contributed by atoms with E-state index >= 15 is 0 Å². The molecule has 21 heavy (non-hydrogen) atoms. The summed E-state index contributed by atoms with van der Waals surface area (Å²) in [6.07, 6.45) is 9.84. The van der Waals surface area contributed by atoms with Crippen molar-refractivity contribution in [3.8, 4) is 5.69 Å². The Hall–Kier alpha value is -2.14. The number of halogens is 1. The van der Waals surface area contributed by atoms with Crippen LogP contribution in [0.1, 0.15) is 19.3 Å². The largest absolute Gasteiger partial charge is 0.324 e. The Balaban J connectivity index is 1.79. The van der Waals surface area contributed by atoms with Crippen LogP contribution in [-0.2, 0) is 4.79 Å². The van der Waals surface area contributed by atoms with Crippen molar-refractivity contribution in [1.29, 1.82) is 0 Å². The van der Waals surface area contributed by atoms with Crippen LogP contribution >= 0.6 is 11.6 Å². The Labute approximate surface area is 127 Å². The van der Waals surface area contributed by atoms with E-state index in [1.54, 1.807) is 23.1 Å². The molecule has 0 fully saturated rings. The van der Waals surface area contributed by atoms with Crippen LogP contribution in [0.15, 0.2) is 43.0 Å². The molecule has 3 rings (SSSR count). The maximum absolute atomic E-state index is 12.2. The number of hydrogen-bond donors (Lipinski definition) is 1. The smallest absolute Gasteiger partial charge is 0.225 e. The molecule has 1 aromatic heterocycles. The van der Waals surface area contributed by atoms with Gasteiger partial charge in [-0.15, -0.1) is 0 Å². The number of benzene rings is 1. The number of anilines is 1. The normalized spacial score (nSPS) is 17.1. The molecule has 0 radical (unpaired) electrons. The summed E-state index contributed by atoms with van der Waals surface area (Å²) in [6.45, 7) is 0. The van der Waals surface area contributed by atoms with Crippen LogP contribution in [0, 0.1) is 5.92 Å². The number of nitrogens with zero attached hydrogens (tertiary/aromatic N) is 3. The molecule has 1 aliphatic rings. The summed E-state index contributed by atoms with van der Waals surface area (Å²) in [5.74, 6) is 0.314. The summed E-state index contributed by atoms with van der Waals surface area (Å²) in [7, 11) is 0. The van der Waals surface area contributed by atoms with Gasteiger partial charge < -0.3 is 5.32 Å². The molecule has 6 heteroatoms. The lowest BCUT2D eigenvalue weighted by atomic mass is 10.0. The topological polar surface area (TPSA) is 59.8 Å². The summed E-state index contributed by atoms with van der Waals surface area (Å²) < 4.78 is 1.60. The molecule has 1 amide bonds. The fourth-order valence-electron chi connectivity index (χ4n) is 2.45. The molecule has 2 aromatic rings. The van der Waals surface area contributed by atoms with Gasteiger partial charge in [0.25, 0.3) is 0 Å². The molecule has 1 aromatic carbocycles. The molecule has 1 aliphatic carbocycles. The quantitative estimate of drug-likeness (QED) is 0.882. The van der Waals surface area contributed by atoms with Gasteiger partial charge in [-0.05, 0) is 37.0 Å². The Bertz CT molecular complexity index is 666. The highest BCUT2D eigenvalue weighted by Gasteiger charge is 2.16. The lowest BCUT2D eigenvalue weighted by Gasteiger charge is -2.13. The first kappa shape index (κ1) is 13.8. The summed E-state index contributed by atoms with van der Waals surface area (Å²) >= 11 is 6.02. The summed E-state index contributed by atoms with van der Waals surface area (Å²) in [5, 5.41) is 7.57. The highest BCUT2D eigenvalue weighted by Crippen LogP contribution is 2.25. The van der Waals surface area contributed by atoms with E-state index in [-0.39, 0.29) is 5.91 Å². The van der Waals surface area contributed by atoms with Gasteiger partial charge in [0.2, 0.25) is 5.91 Å². The van der Waals surface area contributed by atoms with E-state index in [0.717, 1.165) is 18.5 Å². The number of carbonyl (C=O) groups is 1. The maximum atomic E-state index is 12.2. The van der Waals surface area contributed by atoms with Crippen molar-refractivity contribution in [2.45, 2.75) is 19.3 Å². The zero-order valence-electron chi connectivity index (χ0n) is 11.4. The van der Waals surface area contributed by atoms with Gasteiger partial charge in [0.1, 0.15) is 12.7 Å². The Morgan fingerprint density at radius 2 is 2.38 bits per heavy atom. The molecule has 0 aliphatic heterocycles. The second-order valence-corrected chi connectivity index (χ2v) is 5.46. The maximum Gasteiger partial charge on any atom is 0.225 e. The van der Waals surface area contributed by atoms with Gasteiger partial charge in [0.05, 0.1) is 11.4 Å². The van der Waals surface area contributed by atoms with Crippen LogP contribution in [0.25, 0.3) is 5.69 Å². The van der Waals surface area contributed by atoms with Gasteiger partial charge in [-0.3, -0.25) is 4.79 Å². The van der Waals surface area contributed by atoms with Crippen LogP contribution in [0.3, 0.4) is 0 Å². The second kappa shape index (κ2) is 6.10. The Kier molecular flexibility index (Phi) is 4.01. The van der Waals surface area contributed by atoms with E-state index in [4.69, 9.17) is 11.6 Å². The van der Waals surface area contributed by atoms with Crippen molar-refractivity contribution in [2.75, 3.05) is 5.32 Å². The van der Waals surface area contributed by atoms with Gasteiger partial charge in [0, 0.05) is 11.4 Å². The second-order valence-electron chi connectivity index (χ2n) is 5.02. The molecule has 0 bridgehead atoms. The molecule has 1 heterocycles. The van der Waals surface area contributed by atoms with E-state index in [1.165, 1.54) is 6.33 Å². The van der Waals surface area contributed by atoms with E-state index in [9.17, 15) is 4.79 Å². The first-order valence-corrected chi connectivity index (χ1v) is 7.21. The molecule has 1 unspecified atom stereocenters. The van der Waals surface area contributed by atoms with Crippen molar-refractivity contribution in [3.63, 3.8) is 0 Å². The molecule has 108 valence electrons. The number of amides is 1. The highest BCUT2D eigenvalue weighted by atomic mass is 35.5. The van der Waals surface area contributed by atoms with Gasteiger partial charge in [-0.2, -0.15) is 5.10 Å². The van der Waals surface area contributed by atoms with Gasteiger partial charge >= 0.3 is 0 Å². The zero-order valence-corrected chi connectivity index (χ0v) is 12.1. The molecule has 5 nitrogen and oxygen atoms in total. The van der Waals surface area contributed by atoms with Crippen molar-refractivity contribution in [1.82, 2.24) is 14.8 Å². The summed E-state index contributed by atoms with van der Waals surface area (Å²) in [5.41, 5.74) is 1.38. The van der Waals surface area contributed by atoms with Gasteiger partial charge in [-0.1, -0.05) is 23.8 Å². The van der Waals surface area contributed by atoms with Crippen molar-refractivity contribution in [3.05, 3.63) is 48.0 Å². The third kappa shape index (κ3) is 3.31. The minimum atomic E-state index is -0.0184. The standard InChI is InChI=1S/C15H15ClN4O/c16-12-5-6-14(20-10-17-9-18-20)13(8-12)19-15(21)7-11-3-1-2-4-11/h1,3,5-6,8-11H,2,4,7H2,(H,19,21). The summed E-state index contributed by atoms with van der Waals surface area (Å²) in [4.78, 5) is 16.1. The van der Waals surface area contributed by atoms with Crippen molar-refractivity contribution >= 4 is 23.2 Å². The van der Waals surface area contributed by atoms with Crippen molar-refractivity contribution in [2.24, 2.45) is 5.92 Å². The number of aromatic nitrogens is 3. The molecule has 1 atom stereocenters. The Morgan fingerprint density at radius 1 is 1.48 bits per heavy atom. The Morgan fingerprint density at radius 3 is 3.10 bits per heavy atom. The monoisotopic (exact) mass is 302 g/mol. The van der Waals surface area contributed by atoms with E-state index in [2.05, 4.69) is 27.6 Å². The lowest BCUT2D eigenvalue weighted by molar-refractivity contribution is -0.116. The van der Waals surface area contributed by atoms with Crippen LogP contribution in [0.4, 0.5) is 5.69 Å². The summed E-state index contributed by atoms with van der Waals surface area (Å²) in [6, 6.07) is 5.29. The van der Waals surface area contributed by atoms with Gasteiger partial charge in [0.15, 0.2) is 0 Å². The minimum Gasteiger partial charge on any atom is -0.324 e. The predicted molar refractivity (Wildman–Crippen MR) is 81.5 cm³/mol. The van der Waals surface area contributed by atoms with E-state index < -0.39 is 0 Å². The highest BCUT2D eigenvalue weighted by molar-refractivity contribution is 6.31. The fourth-order valence-corrected chi connectivity index (χ4v) is 2.62. The number of hydrogen-bond acceptors (Lipinski definition) is 3. The van der Waals surface area contributed by atoms with Crippen molar-refractivity contribution < 1.29 is 4.79 Å². The lowest BCUT2D eigenvalue weighted by Crippen LogP contribution is -2.16.